The van der Waals surface area contributed by atoms with Gasteiger partial charge in [-0.15, -0.1) is 0 Å². The Hall–Kier alpha value is -3.03. The highest BCUT2D eigenvalue weighted by Gasteiger charge is 2.26. The van der Waals surface area contributed by atoms with Crippen molar-refractivity contribution in [3.63, 3.8) is 0 Å². The summed E-state index contributed by atoms with van der Waals surface area (Å²) in [5.41, 5.74) is 1.88. The van der Waals surface area contributed by atoms with Crippen LogP contribution in [-0.4, -0.2) is 61.1 Å². The Labute approximate surface area is 178 Å². The zero-order chi connectivity index (χ0) is 21.1. The fourth-order valence-corrected chi connectivity index (χ4v) is 5.62. The number of carbonyl (C=O) groups excluding carboxylic acids is 1. The molecule has 2 aromatic heterocycles. The maximum atomic E-state index is 12.6. The van der Waals surface area contributed by atoms with Crippen LogP contribution in [0.2, 0.25) is 0 Å². The first kappa shape index (κ1) is 20.3. The number of aromatic nitrogens is 2. The van der Waals surface area contributed by atoms with Crippen LogP contribution in [0.3, 0.4) is 0 Å². The van der Waals surface area contributed by atoms with Gasteiger partial charge in [-0.2, -0.15) is 5.26 Å². The van der Waals surface area contributed by atoms with Gasteiger partial charge in [0.05, 0.1) is 17.4 Å². The van der Waals surface area contributed by atoms with E-state index >= 15 is 0 Å². The molecule has 1 fully saturated rings. The third kappa shape index (κ3) is 4.58. The van der Waals surface area contributed by atoms with Gasteiger partial charge < -0.3 is 9.80 Å². The average molecular weight is 442 g/mol. The lowest BCUT2D eigenvalue weighted by Crippen LogP contribution is -2.50. The molecular formula is C20H19N5O3S2. The van der Waals surface area contributed by atoms with Gasteiger partial charge >= 0.3 is 0 Å². The number of hydrogen-bond acceptors (Lipinski definition) is 8. The molecule has 0 spiro atoms. The Morgan fingerprint density at radius 1 is 1.13 bits per heavy atom. The van der Waals surface area contributed by atoms with Crippen LogP contribution in [0.4, 0.5) is 5.13 Å². The van der Waals surface area contributed by atoms with E-state index in [0.717, 1.165) is 15.5 Å². The molecule has 4 rings (SSSR count). The van der Waals surface area contributed by atoms with Crippen molar-refractivity contribution in [1.82, 2.24) is 14.9 Å². The van der Waals surface area contributed by atoms with Crippen LogP contribution >= 0.6 is 11.3 Å². The number of pyridine rings is 1. The molecule has 3 heterocycles. The van der Waals surface area contributed by atoms with E-state index in [9.17, 15) is 13.2 Å². The predicted octanol–water partition coefficient (Wildman–Crippen LogP) is 1.83. The molecule has 154 valence electrons. The second-order valence-electron chi connectivity index (χ2n) is 7.03. The van der Waals surface area contributed by atoms with Crippen molar-refractivity contribution in [2.75, 3.05) is 36.8 Å². The lowest BCUT2D eigenvalue weighted by molar-refractivity contribution is -0.128. The van der Waals surface area contributed by atoms with Gasteiger partial charge in [0, 0.05) is 32.4 Å². The smallest absolute Gasteiger partial charge is 0.237 e. The number of thiazole rings is 1. The number of anilines is 1. The molecule has 1 aromatic carbocycles. The number of nitriles is 1. The fourth-order valence-electron chi connectivity index (χ4n) is 3.30. The fraction of sp³-hybridized carbons (Fsp3) is 0.300. The summed E-state index contributed by atoms with van der Waals surface area (Å²) >= 11 is 1.51. The number of carbonyl (C=O) groups is 1. The number of benzene rings is 1. The predicted molar refractivity (Wildman–Crippen MR) is 115 cm³/mol. The highest BCUT2D eigenvalue weighted by molar-refractivity contribution is 7.91. The van der Waals surface area contributed by atoms with Crippen LogP contribution in [0.15, 0.2) is 42.6 Å². The van der Waals surface area contributed by atoms with Crippen molar-refractivity contribution < 1.29 is 13.2 Å². The first-order valence-electron chi connectivity index (χ1n) is 9.37. The van der Waals surface area contributed by atoms with Gasteiger partial charge in [-0.3, -0.25) is 4.79 Å². The van der Waals surface area contributed by atoms with E-state index in [2.05, 4.69) is 14.9 Å². The molecule has 0 radical (unpaired) electrons. The van der Waals surface area contributed by atoms with Gasteiger partial charge in [-0.1, -0.05) is 23.5 Å². The second kappa shape index (κ2) is 8.38. The molecule has 0 unspecified atom stereocenters. The molecule has 1 amide bonds. The highest BCUT2D eigenvalue weighted by atomic mass is 32.2. The standard InChI is InChI=1S/C20H19N5O3S2/c21-12-15-3-5-16(6-4-15)13-30(27,28)14-18(26)24-8-10-25(11-9-24)20-23-17-2-1-7-22-19(17)29-20/h1-7H,8-11,13-14H2. The van der Waals surface area contributed by atoms with E-state index in [-0.39, 0.29) is 11.7 Å². The third-order valence-electron chi connectivity index (χ3n) is 4.87. The van der Waals surface area contributed by atoms with E-state index in [1.54, 1.807) is 35.4 Å². The minimum atomic E-state index is -3.59. The summed E-state index contributed by atoms with van der Waals surface area (Å²) in [7, 11) is -3.59. The SMILES string of the molecule is N#Cc1ccc(CS(=O)(=O)CC(=O)N2CCN(c3nc4cccnc4s3)CC2)cc1. The van der Waals surface area contributed by atoms with Crippen LogP contribution < -0.4 is 4.90 Å². The number of nitrogens with zero attached hydrogens (tertiary/aromatic N) is 5. The molecule has 0 N–H and O–H groups in total. The monoisotopic (exact) mass is 441 g/mol. The Balaban J connectivity index is 1.33. The summed E-state index contributed by atoms with van der Waals surface area (Å²) < 4.78 is 24.9. The lowest BCUT2D eigenvalue weighted by atomic mass is 10.2. The van der Waals surface area contributed by atoms with Crippen molar-refractivity contribution >= 4 is 42.6 Å². The van der Waals surface area contributed by atoms with Crippen LogP contribution in [0.5, 0.6) is 0 Å². The van der Waals surface area contributed by atoms with Gasteiger partial charge in [0.25, 0.3) is 0 Å². The molecule has 1 aliphatic rings. The highest BCUT2D eigenvalue weighted by Crippen LogP contribution is 2.27. The molecule has 0 bridgehead atoms. The van der Waals surface area contributed by atoms with Crippen LogP contribution in [0.25, 0.3) is 10.3 Å². The Morgan fingerprint density at radius 2 is 1.87 bits per heavy atom. The Kier molecular flexibility index (Phi) is 5.65. The number of hydrogen-bond donors (Lipinski definition) is 0. The molecule has 0 saturated carbocycles. The quantitative estimate of drug-likeness (QED) is 0.594. The maximum absolute atomic E-state index is 12.6. The normalized spacial score (nSPS) is 14.6. The van der Waals surface area contributed by atoms with E-state index in [4.69, 9.17) is 5.26 Å². The van der Waals surface area contributed by atoms with Crippen molar-refractivity contribution in [3.8, 4) is 6.07 Å². The van der Waals surface area contributed by atoms with Crippen LogP contribution in [0.1, 0.15) is 11.1 Å². The molecule has 1 aliphatic heterocycles. The van der Waals surface area contributed by atoms with Crippen LogP contribution in [0, 0.1) is 11.3 Å². The van der Waals surface area contributed by atoms with Crippen LogP contribution in [-0.2, 0) is 20.4 Å². The molecule has 3 aromatic rings. The zero-order valence-electron chi connectivity index (χ0n) is 16.1. The summed E-state index contributed by atoms with van der Waals surface area (Å²) in [6.45, 7) is 2.10. The van der Waals surface area contributed by atoms with Crippen molar-refractivity contribution in [3.05, 3.63) is 53.7 Å². The van der Waals surface area contributed by atoms with Gasteiger partial charge in [-0.05, 0) is 29.8 Å². The Bertz CT molecular complexity index is 1170. The Morgan fingerprint density at radius 3 is 2.53 bits per heavy atom. The topological polar surface area (TPSA) is 107 Å². The van der Waals surface area contributed by atoms with Crippen molar-refractivity contribution in [2.24, 2.45) is 0 Å². The van der Waals surface area contributed by atoms with Gasteiger partial charge in [-0.25, -0.2) is 18.4 Å². The molecule has 8 nitrogen and oxygen atoms in total. The van der Waals surface area contributed by atoms with Crippen molar-refractivity contribution in [2.45, 2.75) is 5.75 Å². The van der Waals surface area contributed by atoms with Crippen molar-refractivity contribution in [1.29, 1.82) is 5.26 Å². The summed E-state index contributed by atoms with van der Waals surface area (Å²) in [5.74, 6) is -1.12. The lowest BCUT2D eigenvalue weighted by Gasteiger charge is -2.34. The maximum Gasteiger partial charge on any atom is 0.237 e. The third-order valence-corrected chi connectivity index (χ3v) is 7.37. The molecular weight excluding hydrogens is 422 g/mol. The van der Waals surface area contributed by atoms with Gasteiger partial charge in [0.2, 0.25) is 5.91 Å². The summed E-state index contributed by atoms with van der Waals surface area (Å²) in [6.07, 6.45) is 1.74. The minimum Gasteiger partial charge on any atom is -0.344 e. The average Bonchev–Trinajstić information content (AvgIpc) is 3.18. The van der Waals surface area contributed by atoms with E-state index < -0.39 is 15.6 Å². The molecule has 0 atom stereocenters. The molecule has 30 heavy (non-hydrogen) atoms. The van der Waals surface area contributed by atoms with E-state index in [0.29, 0.717) is 37.3 Å². The van der Waals surface area contributed by atoms with Gasteiger partial charge in [0.1, 0.15) is 16.1 Å². The zero-order valence-corrected chi connectivity index (χ0v) is 17.7. The summed E-state index contributed by atoms with van der Waals surface area (Å²) in [4.78, 5) is 26.0. The summed E-state index contributed by atoms with van der Waals surface area (Å²) in [6, 6.07) is 12.1. The first-order chi connectivity index (χ1) is 14.4. The van der Waals surface area contributed by atoms with E-state index in [1.807, 2.05) is 18.2 Å². The van der Waals surface area contributed by atoms with Gasteiger partial charge in [0.15, 0.2) is 15.0 Å². The minimum absolute atomic E-state index is 0.219. The largest absolute Gasteiger partial charge is 0.344 e. The number of amides is 1. The number of piperazine rings is 1. The summed E-state index contributed by atoms with van der Waals surface area (Å²) in [5, 5.41) is 9.69. The first-order valence-corrected chi connectivity index (χ1v) is 12.0. The second-order valence-corrected chi connectivity index (χ2v) is 10.1. The number of sulfone groups is 1. The molecule has 0 aliphatic carbocycles. The molecule has 10 heteroatoms. The van der Waals surface area contributed by atoms with E-state index in [1.165, 1.54) is 11.3 Å². The molecule has 1 saturated heterocycles. The number of rotatable bonds is 5. The number of fused-ring (bicyclic) bond motifs is 1.